The molecule has 2 aromatic rings. The van der Waals surface area contributed by atoms with Gasteiger partial charge in [-0.25, -0.2) is 0 Å². The van der Waals surface area contributed by atoms with E-state index in [4.69, 9.17) is 16.7 Å². The summed E-state index contributed by atoms with van der Waals surface area (Å²) in [5, 5.41) is 17.7. The third-order valence-electron chi connectivity index (χ3n) is 3.98. The van der Waals surface area contributed by atoms with Gasteiger partial charge < -0.3 is 10.4 Å². The van der Waals surface area contributed by atoms with E-state index in [1.54, 1.807) is 0 Å². The van der Waals surface area contributed by atoms with E-state index in [2.05, 4.69) is 24.3 Å². The molecule has 0 fully saturated rings. The number of nitrogens with zero attached hydrogens (tertiary/aromatic N) is 2. The highest BCUT2D eigenvalue weighted by molar-refractivity contribution is 7.99. The van der Waals surface area contributed by atoms with E-state index in [1.807, 2.05) is 40.7 Å². The van der Waals surface area contributed by atoms with Gasteiger partial charge in [0, 0.05) is 41.7 Å². The molecule has 0 amide bonds. The average Bonchev–Trinajstić information content (AvgIpc) is 2.83. The highest BCUT2D eigenvalue weighted by atomic mass is 35.5. The molecule has 1 aromatic carbocycles. The molecule has 0 atom stereocenters. The molecular formula is C18H26ClN3OS. The van der Waals surface area contributed by atoms with Gasteiger partial charge in [0.05, 0.1) is 12.2 Å². The molecule has 0 aliphatic carbocycles. The van der Waals surface area contributed by atoms with Crippen molar-refractivity contribution >= 4 is 23.4 Å². The van der Waals surface area contributed by atoms with Crippen LogP contribution in [0.25, 0.3) is 0 Å². The molecule has 0 aliphatic rings. The van der Waals surface area contributed by atoms with Gasteiger partial charge in [-0.05, 0) is 37.7 Å². The number of hydrogen-bond acceptors (Lipinski definition) is 4. The predicted molar refractivity (Wildman–Crippen MR) is 103 cm³/mol. The van der Waals surface area contributed by atoms with Crippen LogP contribution >= 0.6 is 23.4 Å². The van der Waals surface area contributed by atoms with E-state index >= 15 is 0 Å². The Hall–Kier alpha value is -1.01. The number of aliphatic hydroxyl groups excluding tert-OH is 1. The van der Waals surface area contributed by atoms with Crippen LogP contribution in [0.5, 0.6) is 0 Å². The molecule has 0 aliphatic heterocycles. The molecule has 0 spiro atoms. The molecule has 6 heteroatoms. The normalized spacial score (nSPS) is 11.2. The summed E-state index contributed by atoms with van der Waals surface area (Å²) < 4.78 is 2.03. The summed E-state index contributed by atoms with van der Waals surface area (Å²) in [5.74, 6) is 2.08. The zero-order valence-corrected chi connectivity index (χ0v) is 16.0. The molecule has 0 radical (unpaired) electrons. The van der Waals surface area contributed by atoms with E-state index in [1.165, 1.54) is 11.3 Å². The predicted octanol–water partition coefficient (Wildman–Crippen LogP) is 3.41. The van der Waals surface area contributed by atoms with Gasteiger partial charge in [0.1, 0.15) is 0 Å². The molecule has 1 heterocycles. The first-order chi connectivity index (χ1) is 11.6. The quantitative estimate of drug-likeness (QED) is 0.632. The minimum absolute atomic E-state index is 0.281. The molecule has 24 heavy (non-hydrogen) atoms. The van der Waals surface area contributed by atoms with Crippen molar-refractivity contribution in [1.82, 2.24) is 15.1 Å². The summed E-state index contributed by atoms with van der Waals surface area (Å²) in [6.07, 6.45) is 0.873. The summed E-state index contributed by atoms with van der Waals surface area (Å²) in [6.45, 7) is 6.95. The van der Waals surface area contributed by atoms with Crippen molar-refractivity contribution in [2.45, 2.75) is 33.4 Å². The van der Waals surface area contributed by atoms with Crippen molar-refractivity contribution in [3.05, 3.63) is 51.8 Å². The van der Waals surface area contributed by atoms with Gasteiger partial charge in [-0.2, -0.15) is 16.9 Å². The fourth-order valence-corrected chi connectivity index (χ4v) is 3.58. The number of aromatic nitrogens is 2. The largest absolute Gasteiger partial charge is 0.396 e. The lowest BCUT2D eigenvalue weighted by atomic mass is 10.2. The zero-order chi connectivity index (χ0) is 17.4. The summed E-state index contributed by atoms with van der Waals surface area (Å²) in [4.78, 5) is 0. The molecule has 4 nitrogen and oxygen atoms in total. The second-order valence-corrected chi connectivity index (χ2v) is 7.40. The van der Waals surface area contributed by atoms with Crippen molar-refractivity contribution < 1.29 is 5.11 Å². The fraction of sp³-hybridized carbons (Fsp3) is 0.500. The molecule has 0 saturated carbocycles. The third-order valence-corrected chi connectivity index (χ3v) is 5.42. The number of nitrogens with one attached hydrogen (secondary N) is 1. The number of hydrogen-bond donors (Lipinski definition) is 2. The summed E-state index contributed by atoms with van der Waals surface area (Å²) in [5.41, 5.74) is 4.61. The molecule has 0 saturated heterocycles. The Labute approximate surface area is 153 Å². The zero-order valence-electron chi connectivity index (χ0n) is 14.4. The van der Waals surface area contributed by atoms with E-state index in [0.29, 0.717) is 6.54 Å². The van der Waals surface area contributed by atoms with Crippen LogP contribution in [-0.4, -0.2) is 39.5 Å². The van der Waals surface area contributed by atoms with Crippen LogP contribution in [0.3, 0.4) is 0 Å². The SMILES string of the molecule is Cc1nn(Cc2ccccc2Cl)c(C)c1CNCCSCCCO. The van der Waals surface area contributed by atoms with Crippen LogP contribution in [0, 0.1) is 13.8 Å². The number of benzene rings is 1. The van der Waals surface area contributed by atoms with Gasteiger partial charge in [0.2, 0.25) is 0 Å². The van der Waals surface area contributed by atoms with Gasteiger partial charge in [-0.1, -0.05) is 29.8 Å². The molecule has 0 bridgehead atoms. The molecule has 0 unspecified atom stereocenters. The maximum Gasteiger partial charge on any atom is 0.0677 e. The van der Waals surface area contributed by atoms with E-state index in [9.17, 15) is 0 Å². The van der Waals surface area contributed by atoms with Crippen LogP contribution in [0.4, 0.5) is 0 Å². The summed E-state index contributed by atoms with van der Waals surface area (Å²) in [7, 11) is 0. The van der Waals surface area contributed by atoms with E-state index < -0.39 is 0 Å². The number of aliphatic hydroxyl groups is 1. The average molecular weight is 368 g/mol. The summed E-state index contributed by atoms with van der Waals surface area (Å²) in [6, 6.07) is 7.91. The highest BCUT2D eigenvalue weighted by Gasteiger charge is 2.12. The first kappa shape index (κ1) is 19.3. The van der Waals surface area contributed by atoms with Crippen LogP contribution in [0.1, 0.15) is 28.9 Å². The first-order valence-corrected chi connectivity index (χ1v) is 9.82. The lowest BCUT2D eigenvalue weighted by molar-refractivity contribution is 0.296. The van der Waals surface area contributed by atoms with Gasteiger partial charge in [0.25, 0.3) is 0 Å². The topological polar surface area (TPSA) is 50.1 Å². The Morgan fingerprint density at radius 1 is 1.25 bits per heavy atom. The summed E-state index contributed by atoms with van der Waals surface area (Å²) >= 11 is 8.13. The Morgan fingerprint density at radius 3 is 2.79 bits per heavy atom. The van der Waals surface area contributed by atoms with Gasteiger partial charge >= 0.3 is 0 Å². The molecule has 2 N–H and O–H groups in total. The van der Waals surface area contributed by atoms with Crippen LogP contribution in [-0.2, 0) is 13.1 Å². The lowest BCUT2D eigenvalue weighted by Gasteiger charge is -2.08. The lowest BCUT2D eigenvalue weighted by Crippen LogP contribution is -2.17. The number of aryl methyl sites for hydroxylation is 1. The van der Waals surface area contributed by atoms with Crippen molar-refractivity contribution in [1.29, 1.82) is 0 Å². The molecule has 2 rings (SSSR count). The molecular weight excluding hydrogens is 342 g/mol. The monoisotopic (exact) mass is 367 g/mol. The Bertz CT molecular complexity index is 645. The molecule has 1 aromatic heterocycles. The van der Waals surface area contributed by atoms with Gasteiger partial charge in [0.15, 0.2) is 0 Å². The Kier molecular flexibility index (Phi) is 8.12. The number of thioether (sulfide) groups is 1. The van der Waals surface area contributed by atoms with Crippen molar-refractivity contribution in [2.75, 3.05) is 24.7 Å². The number of rotatable bonds is 10. The van der Waals surface area contributed by atoms with Crippen molar-refractivity contribution in [3.8, 4) is 0 Å². The van der Waals surface area contributed by atoms with Crippen LogP contribution in [0.15, 0.2) is 24.3 Å². The van der Waals surface area contributed by atoms with Gasteiger partial charge in [-0.3, -0.25) is 4.68 Å². The minimum atomic E-state index is 0.281. The van der Waals surface area contributed by atoms with E-state index in [0.717, 1.165) is 47.3 Å². The molecule has 132 valence electrons. The number of halogens is 1. The fourth-order valence-electron chi connectivity index (χ4n) is 2.56. The van der Waals surface area contributed by atoms with Gasteiger partial charge in [-0.15, -0.1) is 0 Å². The third kappa shape index (κ3) is 5.52. The second-order valence-electron chi connectivity index (χ2n) is 5.76. The van der Waals surface area contributed by atoms with Crippen LogP contribution in [0.2, 0.25) is 5.02 Å². The smallest absolute Gasteiger partial charge is 0.0677 e. The van der Waals surface area contributed by atoms with Crippen LogP contribution < -0.4 is 5.32 Å². The maximum atomic E-state index is 8.76. The van der Waals surface area contributed by atoms with E-state index in [-0.39, 0.29) is 6.61 Å². The van der Waals surface area contributed by atoms with Crippen molar-refractivity contribution in [2.24, 2.45) is 0 Å². The standard InChI is InChI=1S/C18H26ClN3OS/c1-14-17(12-20-8-11-24-10-5-9-23)15(2)22(21-14)13-16-6-3-4-7-18(16)19/h3-4,6-7,20,23H,5,8-13H2,1-2H3. The van der Waals surface area contributed by atoms with Crippen molar-refractivity contribution in [3.63, 3.8) is 0 Å². The Morgan fingerprint density at radius 2 is 2.04 bits per heavy atom. The Balaban J connectivity index is 1.88. The minimum Gasteiger partial charge on any atom is -0.396 e. The maximum absolute atomic E-state index is 8.76. The highest BCUT2D eigenvalue weighted by Crippen LogP contribution is 2.19. The second kappa shape index (κ2) is 10.1. The first-order valence-electron chi connectivity index (χ1n) is 8.29.